The zero-order valence-electron chi connectivity index (χ0n) is 58.1. The van der Waals surface area contributed by atoms with Gasteiger partial charge in [0.05, 0.1) is 32.0 Å². The Morgan fingerprint density at radius 3 is 1.22 bits per heavy atom. The summed E-state index contributed by atoms with van der Waals surface area (Å²) in [5.41, 5.74) is 0. The van der Waals surface area contributed by atoms with Gasteiger partial charge in [-0.15, -0.1) is 0 Å². The fraction of sp³-hybridized carbons (Fsp3) is 0.797. The van der Waals surface area contributed by atoms with Gasteiger partial charge in [-0.2, -0.15) is 0 Å². The van der Waals surface area contributed by atoms with Crippen LogP contribution in [0.25, 0.3) is 0 Å². The van der Waals surface area contributed by atoms with Crippen LogP contribution >= 0.6 is 0 Å². The SMILES string of the molecule is C/C=C/CC/C=C/CC/C=C/C(O)C(COC1OC(CO)C(O)C(O)C1O)NC(=O)CCCCCCCCCCCCCCCCCCC/C=C\C/C=C\CCCCCCCCCCCCCCCOC(=O)CCCCCCC/C=C\C/C=C\CCCCCC. The highest BCUT2D eigenvalue weighted by atomic mass is 16.7. The van der Waals surface area contributed by atoms with E-state index < -0.39 is 49.5 Å². The smallest absolute Gasteiger partial charge is 0.305 e. The maximum Gasteiger partial charge on any atom is 0.305 e. The van der Waals surface area contributed by atoms with Crippen molar-refractivity contribution < 1.29 is 49.3 Å². The molecule has 1 aliphatic rings. The molecule has 0 spiro atoms. The number of amides is 1. The highest BCUT2D eigenvalue weighted by Crippen LogP contribution is 2.23. The number of hydrogen-bond acceptors (Lipinski definition) is 10. The zero-order chi connectivity index (χ0) is 65.1. The lowest BCUT2D eigenvalue weighted by molar-refractivity contribution is -0.302. The third-order valence-electron chi connectivity index (χ3n) is 17.5. The fourth-order valence-corrected chi connectivity index (χ4v) is 11.6. The third kappa shape index (κ3) is 55.3. The molecule has 522 valence electrons. The van der Waals surface area contributed by atoms with Gasteiger partial charge in [0.1, 0.15) is 24.4 Å². The highest BCUT2D eigenvalue weighted by molar-refractivity contribution is 5.76. The second-order valence-corrected chi connectivity index (χ2v) is 26.0. The van der Waals surface area contributed by atoms with Crippen molar-refractivity contribution in [2.75, 3.05) is 19.8 Å². The Kier molecular flexibility index (Phi) is 63.4. The number of nitrogens with one attached hydrogen (secondary N) is 1. The Morgan fingerprint density at radius 2 is 0.800 bits per heavy atom. The molecule has 1 fully saturated rings. The van der Waals surface area contributed by atoms with Crippen molar-refractivity contribution in [3.05, 3.63) is 85.1 Å². The lowest BCUT2D eigenvalue weighted by Gasteiger charge is -2.40. The molecule has 1 heterocycles. The van der Waals surface area contributed by atoms with Crippen LogP contribution in [0.4, 0.5) is 0 Å². The first-order valence-corrected chi connectivity index (χ1v) is 37.8. The molecule has 1 aliphatic heterocycles. The molecule has 7 unspecified atom stereocenters. The molecule has 0 bridgehead atoms. The van der Waals surface area contributed by atoms with Gasteiger partial charge in [-0.3, -0.25) is 9.59 Å². The largest absolute Gasteiger partial charge is 0.466 e. The van der Waals surface area contributed by atoms with Gasteiger partial charge >= 0.3 is 5.97 Å². The van der Waals surface area contributed by atoms with Crippen molar-refractivity contribution in [1.29, 1.82) is 0 Å². The standard InChI is InChI=1S/C79H141NO10/c1-3-5-7-9-11-13-14-15-16-41-44-47-51-55-59-63-67-75(84)88-68-64-60-56-52-48-45-42-39-37-35-33-31-29-27-25-23-21-19-17-18-20-22-24-26-28-30-32-34-36-38-40-43-46-50-54-58-62-66-74(83)80-71(72(82)65-61-57-53-49-12-10-8-6-4-2)70-89-79-78(87)77(86)76(85)73(69-81)90-79/h4,6,12-14,16-17,19,23,25,41,49,61,65,71-73,76-79,81-82,85-87H,3,5,7-11,15,18,20-22,24,26-40,42-48,50-60,62-64,66-70H2,1-2H3,(H,80,83)/b6-4+,14-13-,19-17-,25-23-,41-16-,49-12+,65-61+. The number of carbonyl (C=O) groups is 2. The van der Waals surface area contributed by atoms with E-state index in [9.17, 15) is 35.1 Å². The Balaban J connectivity index is 1.88. The van der Waals surface area contributed by atoms with Gasteiger partial charge < -0.3 is 45.1 Å². The maximum absolute atomic E-state index is 13.0. The average molecular weight is 1260 g/mol. The van der Waals surface area contributed by atoms with Crippen LogP contribution in [0, 0.1) is 0 Å². The number of aliphatic hydroxyl groups is 5. The molecule has 1 rings (SSSR count). The van der Waals surface area contributed by atoms with Crippen LogP contribution in [0.2, 0.25) is 0 Å². The number of hydrogen-bond donors (Lipinski definition) is 6. The molecule has 0 saturated carbocycles. The summed E-state index contributed by atoms with van der Waals surface area (Å²) in [6, 6.07) is -0.833. The van der Waals surface area contributed by atoms with E-state index in [0.717, 1.165) is 77.0 Å². The van der Waals surface area contributed by atoms with Crippen LogP contribution in [0.1, 0.15) is 341 Å². The minimum Gasteiger partial charge on any atom is -0.466 e. The number of rotatable bonds is 66. The Labute approximate surface area is 553 Å². The molecule has 1 amide bonds. The lowest BCUT2D eigenvalue weighted by Crippen LogP contribution is -2.60. The molecular weight excluding hydrogens is 1120 g/mol. The summed E-state index contributed by atoms with van der Waals surface area (Å²) < 4.78 is 16.7. The Hall–Kier alpha value is -3.16. The van der Waals surface area contributed by atoms with Gasteiger partial charge in [-0.1, -0.05) is 297 Å². The first kappa shape index (κ1) is 84.9. The number of unbranched alkanes of at least 4 members (excludes halogenated alkanes) is 41. The van der Waals surface area contributed by atoms with E-state index in [2.05, 4.69) is 79.1 Å². The summed E-state index contributed by atoms with van der Waals surface area (Å²) in [5, 5.41) is 54.2. The molecular formula is C79H141NO10. The molecule has 11 nitrogen and oxygen atoms in total. The highest BCUT2D eigenvalue weighted by Gasteiger charge is 2.44. The number of carbonyl (C=O) groups excluding carboxylic acids is 2. The van der Waals surface area contributed by atoms with Crippen LogP contribution in [0.3, 0.4) is 0 Å². The van der Waals surface area contributed by atoms with Crippen molar-refractivity contribution >= 4 is 11.9 Å². The summed E-state index contributed by atoms with van der Waals surface area (Å²) >= 11 is 0. The normalized spacial score (nSPS) is 18.1. The predicted octanol–water partition coefficient (Wildman–Crippen LogP) is 20.0. The quantitative estimate of drug-likeness (QED) is 0.0195. The molecule has 7 atom stereocenters. The van der Waals surface area contributed by atoms with Crippen LogP contribution in [0.15, 0.2) is 85.1 Å². The maximum atomic E-state index is 13.0. The summed E-state index contributed by atoms with van der Waals surface area (Å²) in [5.74, 6) is -0.199. The minimum atomic E-state index is -1.58. The molecule has 0 aliphatic carbocycles. The van der Waals surface area contributed by atoms with Gasteiger partial charge in [-0.05, 0) is 116 Å². The summed E-state index contributed by atoms with van der Waals surface area (Å²) in [6.45, 7) is 4.09. The number of esters is 1. The van der Waals surface area contributed by atoms with Crippen molar-refractivity contribution in [3.8, 4) is 0 Å². The monoisotopic (exact) mass is 1260 g/mol. The summed E-state index contributed by atoms with van der Waals surface area (Å²) in [6.07, 6.45) is 83.6. The van der Waals surface area contributed by atoms with Crippen LogP contribution in [-0.2, 0) is 23.8 Å². The van der Waals surface area contributed by atoms with E-state index in [4.69, 9.17) is 14.2 Å². The van der Waals surface area contributed by atoms with Gasteiger partial charge in [0, 0.05) is 12.8 Å². The van der Waals surface area contributed by atoms with Gasteiger partial charge in [0.15, 0.2) is 6.29 Å². The molecule has 6 N–H and O–H groups in total. The lowest BCUT2D eigenvalue weighted by atomic mass is 9.99. The second-order valence-electron chi connectivity index (χ2n) is 26.0. The number of ether oxygens (including phenoxy) is 3. The van der Waals surface area contributed by atoms with Crippen molar-refractivity contribution in [3.63, 3.8) is 0 Å². The molecule has 90 heavy (non-hydrogen) atoms. The topological polar surface area (TPSA) is 175 Å². The molecule has 0 aromatic rings. The predicted molar refractivity (Wildman–Crippen MR) is 379 cm³/mol. The molecule has 1 saturated heterocycles. The van der Waals surface area contributed by atoms with E-state index in [1.165, 1.54) is 238 Å². The van der Waals surface area contributed by atoms with Crippen molar-refractivity contribution in [1.82, 2.24) is 5.32 Å². The Morgan fingerprint density at radius 1 is 0.433 bits per heavy atom. The van der Waals surface area contributed by atoms with E-state index in [-0.39, 0.29) is 18.5 Å². The minimum absolute atomic E-state index is 0.00169. The van der Waals surface area contributed by atoms with Crippen molar-refractivity contribution in [2.24, 2.45) is 0 Å². The third-order valence-corrected chi connectivity index (χ3v) is 17.5. The number of allylic oxidation sites excluding steroid dienone is 13. The van der Waals surface area contributed by atoms with Crippen LogP contribution < -0.4 is 5.32 Å². The number of aliphatic hydroxyl groups excluding tert-OH is 5. The van der Waals surface area contributed by atoms with E-state index in [1.54, 1.807) is 6.08 Å². The van der Waals surface area contributed by atoms with Gasteiger partial charge in [-0.25, -0.2) is 0 Å². The fourth-order valence-electron chi connectivity index (χ4n) is 11.6. The zero-order valence-corrected chi connectivity index (χ0v) is 58.1. The summed E-state index contributed by atoms with van der Waals surface area (Å²) in [4.78, 5) is 25.1. The summed E-state index contributed by atoms with van der Waals surface area (Å²) in [7, 11) is 0. The van der Waals surface area contributed by atoms with Gasteiger partial charge in [0.2, 0.25) is 5.91 Å². The van der Waals surface area contributed by atoms with Crippen LogP contribution in [-0.4, -0.2) is 100 Å². The van der Waals surface area contributed by atoms with E-state index in [1.807, 2.05) is 19.1 Å². The molecule has 0 aromatic carbocycles. The average Bonchev–Trinajstić information content (AvgIpc) is 0.988. The Bertz CT molecular complexity index is 1770. The molecule has 11 heteroatoms. The molecule has 0 radical (unpaired) electrons. The van der Waals surface area contributed by atoms with Crippen molar-refractivity contribution in [2.45, 2.75) is 384 Å². The first-order valence-electron chi connectivity index (χ1n) is 37.8. The first-order chi connectivity index (χ1) is 44.2. The second kappa shape index (κ2) is 67.3. The van der Waals surface area contributed by atoms with Gasteiger partial charge in [0.25, 0.3) is 0 Å². The van der Waals surface area contributed by atoms with Crippen LogP contribution in [0.5, 0.6) is 0 Å². The van der Waals surface area contributed by atoms with E-state index in [0.29, 0.717) is 19.4 Å². The van der Waals surface area contributed by atoms with E-state index >= 15 is 0 Å². The molecule has 0 aromatic heterocycles.